The van der Waals surface area contributed by atoms with Crippen molar-refractivity contribution >= 4 is 23.4 Å². The molecule has 0 saturated heterocycles. The molecular weight excluding hydrogens is 180 g/mol. The predicted molar refractivity (Wildman–Crippen MR) is 48.3 cm³/mol. The maximum atomic E-state index is 10.4. The fourth-order valence-electron chi connectivity index (χ4n) is 0.257. The predicted octanol–water partition coefficient (Wildman–Crippen LogP) is 1.77. The molecule has 0 radical (unpaired) electrons. The number of esters is 1. The fourth-order valence-corrected chi connectivity index (χ4v) is 0.320. The lowest BCUT2D eigenvalue weighted by Crippen LogP contribution is -2.13. The Bertz CT molecular complexity index is 139. The van der Waals surface area contributed by atoms with Crippen molar-refractivity contribution in [2.24, 2.45) is 0 Å². The Morgan fingerprint density at radius 1 is 1.42 bits per heavy atom. The van der Waals surface area contributed by atoms with Crippen LogP contribution in [0.1, 0.15) is 27.7 Å². The maximum absolute atomic E-state index is 10.4. The van der Waals surface area contributed by atoms with Crippen LogP contribution in [0.15, 0.2) is 0 Å². The van der Waals surface area contributed by atoms with Crippen LogP contribution in [-0.2, 0) is 14.3 Å². The van der Waals surface area contributed by atoms with Crippen LogP contribution in [0.4, 0.5) is 0 Å². The van der Waals surface area contributed by atoms with Gasteiger partial charge in [-0.1, -0.05) is 0 Å². The van der Waals surface area contributed by atoms with E-state index in [0.717, 1.165) is 0 Å². The summed E-state index contributed by atoms with van der Waals surface area (Å²) in [5, 5.41) is -0.519. The molecule has 0 fully saturated rings. The molecule has 0 aliphatic carbocycles. The standard InChI is InChI=1S/C5H9ClO2.C3H6O/c1-3-8-5(7)4(2)6;1-3(2)4/h4H,3H2,1-2H3;1-2H3. The van der Waals surface area contributed by atoms with Crippen molar-refractivity contribution in [1.82, 2.24) is 0 Å². The van der Waals surface area contributed by atoms with Crippen LogP contribution in [0.25, 0.3) is 0 Å². The van der Waals surface area contributed by atoms with Crippen LogP contribution in [0.3, 0.4) is 0 Å². The summed E-state index contributed by atoms with van der Waals surface area (Å²) in [6.45, 7) is 6.78. The van der Waals surface area contributed by atoms with Gasteiger partial charge in [0.05, 0.1) is 6.61 Å². The van der Waals surface area contributed by atoms with Crippen molar-refractivity contribution in [2.75, 3.05) is 6.61 Å². The molecule has 1 unspecified atom stereocenters. The Balaban J connectivity index is 0. The SMILES string of the molecule is CC(C)=O.CCOC(=O)C(C)Cl. The number of halogens is 1. The maximum Gasteiger partial charge on any atom is 0.323 e. The largest absolute Gasteiger partial charge is 0.465 e. The number of carbonyl (C=O) groups is 2. The number of ketones is 1. The van der Waals surface area contributed by atoms with Crippen LogP contribution in [0.2, 0.25) is 0 Å². The van der Waals surface area contributed by atoms with E-state index in [0.29, 0.717) is 6.61 Å². The van der Waals surface area contributed by atoms with Crippen LogP contribution < -0.4 is 0 Å². The highest BCUT2D eigenvalue weighted by Gasteiger charge is 2.07. The minimum absolute atomic E-state index is 0.167. The zero-order chi connectivity index (χ0) is 10.1. The minimum Gasteiger partial charge on any atom is -0.465 e. The smallest absolute Gasteiger partial charge is 0.323 e. The Labute approximate surface area is 78.0 Å². The van der Waals surface area contributed by atoms with Gasteiger partial charge in [0, 0.05) is 0 Å². The Hall–Kier alpha value is -0.570. The molecule has 0 rings (SSSR count). The summed E-state index contributed by atoms with van der Waals surface area (Å²) in [7, 11) is 0. The van der Waals surface area contributed by atoms with Gasteiger partial charge in [-0.25, -0.2) is 0 Å². The molecule has 0 saturated carbocycles. The summed E-state index contributed by atoms with van der Waals surface area (Å²) in [5.41, 5.74) is 0. The third kappa shape index (κ3) is 16.2. The molecule has 0 spiro atoms. The fraction of sp³-hybridized carbons (Fsp3) is 0.750. The van der Waals surface area contributed by atoms with Crippen molar-refractivity contribution in [1.29, 1.82) is 0 Å². The van der Waals surface area contributed by atoms with E-state index in [2.05, 4.69) is 4.74 Å². The Kier molecular flexibility index (Phi) is 9.93. The van der Waals surface area contributed by atoms with Gasteiger partial charge in [-0.2, -0.15) is 0 Å². The molecule has 0 aromatic heterocycles. The second-order valence-electron chi connectivity index (χ2n) is 2.28. The van der Waals surface area contributed by atoms with Gasteiger partial charge >= 0.3 is 5.97 Å². The van der Waals surface area contributed by atoms with E-state index in [1.54, 1.807) is 13.8 Å². The molecule has 0 bridgehead atoms. The number of hydrogen-bond donors (Lipinski definition) is 0. The molecule has 1 atom stereocenters. The van der Waals surface area contributed by atoms with Crippen molar-refractivity contribution in [2.45, 2.75) is 33.1 Å². The zero-order valence-corrected chi connectivity index (χ0v) is 8.64. The van der Waals surface area contributed by atoms with E-state index in [-0.39, 0.29) is 11.8 Å². The Morgan fingerprint density at radius 3 is 1.83 bits per heavy atom. The molecule has 0 heterocycles. The monoisotopic (exact) mass is 194 g/mol. The van der Waals surface area contributed by atoms with Crippen molar-refractivity contribution in [3.8, 4) is 0 Å². The van der Waals surface area contributed by atoms with Crippen LogP contribution >= 0.6 is 11.6 Å². The van der Waals surface area contributed by atoms with Gasteiger partial charge in [0.15, 0.2) is 0 Å². The molecule has 72 valence electrons. The number of rotatable bonds is 2. The molecule has 0 aromatic rings. The summed E-state index contributed by atoms with van der Waals surface area (Å²) >= 11 is 5.33. The van der Waals surface area contributed by atoms with Crippen molar-refractivity contribution < 1.29 is 14.3 Å². The van der Waals surface area contributed by atoms with E-state index >= 15 is 0 Å². The first kappa shape index (κ1) is 14.0. The number of hydrogen-bond acceptors (Lipinski definition) is 3. The van der Waals surface area contributed by atoms with Crippen LogP contribution in [0.5, 0.6) is 0 Å². The summed E-state index contributed by atoms with van der Waals surface area (Å²) in [6.07, 6.45) is 0. The molecule has 3 nitrogen and oxygen atoms in total. The quantitative estimate of drug-likeness (QED) is 0.497. The third-order valence-electron chi connectivity index (χ3n) is 0.611. The van der Waals surface area contributed by atoms with Gasteiger partial charge in [-0.05, 0) is 27.7 Å². The Morgan fingerprint density at radius 2 is 1.75 bits per heavy atom. The topological polar surface area (TPSA) is 43.4 Å². The normalized spacial score (nSPS) is 10.8. The van der Waals surface area contributed by atoms with Crippen LogP contribution in [0, 0.1) is 0 Å². The summed E-state index contributed by atoms with van der Waals surface area (Å²) in [4.78, 5) is 19.8. The molecule has 0 N–H and O–H groups in total. The van der Waals surface area contributed by atoms with Crippen LogP contribution in [-0.4, -0.2) is 23.7 Å². The average Bonchev–Trinajstić information content (AvgIpc) is 1.86. The first-order chi connectivity index (χ1) is 5.41. The van der Waals surface area contributed by atoms with Gasteiger partial charge in [0.1, 0.15) is 11.2 Å². The number of Topliss-reactive ketones (excluding diaryl/α,β-unsaturated/α-hetero) is 1. The molecule has 0 aromatic carbocycles. The molecule has 0 amide bonds. The second kappa shape index (κ2) is 8.53. The summed E-state index contributed by atoms with van der Waals surface area (Å²) in [6, 6.07) is 0. The third-order valence-corrected chi connectivity index (χ3v) is 0.790. The van der Waals surface area contributed by atoms with E-state index in [9.17, 15) is 9.59 Å². The summed E-state index contributed by atoms with van der Waals surface area (Å²) in [5.74, 6) is -0.186. The number of carbonyl (C=O) groups excluding carboxylic acids is 2. The van der Waals surface area contributed by atoms with Crippen molar-refractivity contribution in [3.05, 3.63) is 0 Å². The van der Waals surface area contributed by atoms with Gasteiger partial charge in [-0.15, -0.1) is 11.6 Å². The minimum atomic E-state index is -0.519. The highest BCUT2D eigenvalue weighted by molar-refractivity contribution is 6.29. The van der Waals surface area contributed by atoms with E-state index in [1.807, 2.05) is 0 Å². The molecule has 0 aliphatic rings. The lowest BCUT2D eigenvalue weighted by molar-refractivity contribution is -0.142. The van der Waals surface area contributed by atoms with Gasteiger partial charge in [0.25, 0.3) is 0 Å². The highest BCUT2D eigenvalue weighted by Crippen LogP contribution is 1.95. The lowest BCUT2D eigenvalue weighted by atomic mass is 10.5. The number of ether oxygens (including phenoxy) is 1. The van der Waals surface area contributed by atoms with Gasteiger partial charge in [0.2, 0.25) is 0 Å². The lowest BCUT2D eigenvalue weighted by Gasteiger charge is -2.00. The molecule has 12 heavy (non-hydrogen) atoms. The molecular formula is C8H15ClO3. The van der Waals surface area contributed by atoms with E-state index in [1.165, 1.54) is 13.8 Å². The zero-order valence-electron chi connectivity index (χ0n) is 7.89. The average molecular weight is 195 g/mol. The number of alkyl halides is 1. The van der Waals surface area contributed by atoms with E-state index < -0.39 is 5.38 Å². The first-order valence-electron chi connectivity index (χ1n) is 3.69. The summed E-state index contributed by atoms with van der Waals surface area (Å²) < 4.78 is 4.53. The van der Waals surface area contributed by atoms with E-state index in [4.69, 9.17) is 11.6 Å². The van der Waals surface area contributed by atoms with Gasteiger partial charge in [-0.3, -0.25) is 4.79 Å². The highest BCUT2D eigenvalue weighted by atomic mass is 35.5. The van der Waals surface area contributed by atoms with Crippen molar-refractivity contribution in [3.63, 3.8) is 0 Å². The second-order valence-corrected chi connectivity index (χ2v) is 2.93. The first-order valence-corrected chi connectivity index (χ1v) is 4.13. The molecule has 0 aliphatic heterocycles. The molecule has 4 heteroatoms. The van der Waals surface area contributed by atoms with Gasteiger partial charge < -0.3 is 9.53 Å².